The average molecular weight is 217 g/mol. The fourth-order valence-electron chi connectivity index (χ4n) is 1.38. The van der Waals surface area contributed by atoms with Crippen LogP contribution in [0.15, 0.2) is 0 Å². The van der Waals surface area contributed by atoms with Gasteiger partial charge in [0.25, 0.3) is 5.91 Å². The molecule has 1 amide bonds. The van der Waals surface area contributed by atoms with E-state index in [0.29, 0.717) is 0 Å². The number of carbonyl (C=O) groups is 2. The molecule has 0 aromatic heterocycles. The first-order valence-corrected chi connectivity index (χ1v) is 4.54. The number of likely N-dealkylation sites (N-methyl/N-ethyl adjacent to an activating group) is 1. The Morgan fingerprint density at radius 1 is 1.20 bits per heavy atom. The quantitative estimate of drug-likeness (QED) is 0.686. The maximum absolute atomic E-state index is 11.6. The number of carboxylic acids is 1. The normalized spacial score (nSPS) is 28.8. The molecule has 1 aliphatic rings. The van der Waals surface area contributed by atoms with Crippen LogP contribution in [-0.4, -0.2) is 54.0 Å². The lowest BCUT2D eigenvalue weighted by molar-refractivity contribution is -0.167. The number of aliphatic carboxylic acids is 1. The molecule has 0 aromatic carbocycles. The van der Waals surface area contributed by atoms with E-state index >= 15 is 0 Å². The molecule has 0 unspecified atom stereocenters. The van der Waals surface area contributed by atoms with E-state index in [9.17, 15) is 9.59 Å². The molecule has 0 aliphatic carbocycles. The Kier molecular flexibility index (Phi) is 3.01. The zero-order valence-electron chi connectivity index (χ0n) is 9.18. The van der Waals surface area contributed by atoms with Crippen molar-refractivity contribution in [2.24, 2.45) is 0 Å². The van der Waals surface area contributed by atoms with E-state index in [4.69, 9.17) is 14.6 Å². The summed E-state index contributed by atoms with van der Waals surface area (Å²) in [7, 11) is 3.08. The lowest BCUT2D eigenvalue weighted by Gasteiger charge is -2.18. The van der Waals surface area contributed by atoms with E-state index in [-0.39, 0.29) is 0 Å². The van der Waals surface area contributed by atoms with Gasteiger partial charge in [-0.3, -0.25) is 4.79 Å². The van der Waals surface area contributed by atoms with Gasteiger partial charge in [-0.1, -0.05) is 0 Å². The predicted octanol–water partition coefficient (Wildman–Crippen LogP) is -0.321. The van der Waals surface area contributed by atoms with Gasteiger partial charge >= 0.3 is 5.97 Å². The molecule has 1 heterocycles. The number of hydrogen-bond acceptors (Lipinski definition) is 4. The van der Waals surface area contributed by atoms with Crippen LogP contribution in [-0.2, 0) is 19.1 Å². The second kappa shape index (κ2) is 3.79. The van der Waals surface area contributed by atoms with Crippen LogP contribution in [0, 0.1) is 0 Å². The maximum Gasteiger partial charge on any atom is 0.336 e. The minimum Gasteiger partial charge on any atom is -0.479 e. The topological polar surface area (TPSA) is 76.1 Å². The van der Waals surface area contributed by atoms with Crippen molar-refractivity contribution >= 4 is 11.9 Å². The molecule has 86 valence electrons. The Balaban J connectivity index is 2.87. The lowest BCUT2D eigenvalue weighted by Crippen LogP contribution is -2.43. The van der Waals surface area contributed by atoms with Gasteiger partial charge in [-0.25, -0.2) is 4.79 Å². The highest BCUT2D eigenvalue weighted by Crippen LogP contribution is 2.29. The number of nitrogens with zero attached hydrogens (tertiary/aromatic N) is 1. The maximum atomic E-state index is 11.6. The second-order valence-corrected chi connectivity index (χ2v) is 4.05. The molecule has 0 radical (unpaired) electrons. The van der Waals surface area contributed by atoms with E-state index in [1.54, 1.807) is 13.8 Å². The van der Waals surface area contributed by atoms with Gasteiger partial charge in [0, 0.05) is 14.1 Å². The molecule has 2 atom stereocenters. The van der Waals surface area contributed by atoms with E-state index in [1.165, 1.54) is 19.0 Å². The summed E-state index contributed by atoms with van der Waals surface area (Å²) < 4.78 is 10.4. The zero-order valence-corrected chi connectivity index (χ0v) is 9.18. The van der Waals surface area contributed by atoms with Crippen LogP contribution in [0.5, 0.6) is 0 Å². The highest BCUT2D eigenvalue weighted by Gasteiger charge is 2.49. The van der Waals surface area contributed by atoms with Gasteiger partial charge in [-0.05, 0) is 13.8 Å². The first kappa shape index (κ1) is 11.9. The number of amides is 1. The van der Waals surface area contributed by atoms with Crippen molar-refractivity contribution in [3.63, 3.8) is 0 Å². The van der Waals surface area contributed by atoms with Crippen LogP contribution in [0.2, 0.25) is 0 Å². The van der Waals surface area contributed by atoms with Gasteiger partial charge < -0.3 is 19.5 Å². The Hall–Kier alpha value is -1.14. The molecule has 0 spiro atoms. The first-order chi connectivity index (χ1) is 6.74. The van der Waals surface area contributed by atoms with Crippen LogP contribution >= 0.6 is 0 Å². The molecule has 15 heavy (non-hydrogen) atoms. The number of ether oxygens (including phenoxy) is 2. The predicted molar refractivity (Wildman–Crippen MR) is 50.2 cm³/mol. The largest absolute Gasteiger partial charge is 0.479 e. The van der Waals surface area contributed by atoms with Crippen molar-refractivity contribution in [2.75, 3.05) is 14.1 Å². The monoisotopic (exact) mass is 217 g/mol. The van der Waals surface area contributed by atoms with Crippen molar-refractivity contribution in [3.05, 3.63) is 0 Å². The Labute approximate surface area is 87.8 Å². The fourth-order valence-corrected chi connectivity index (χ4v) is 1.38. The lowest BCUT2D eigenvalue weighted by atomic mass is 10.2. The van der Waals surface area contributed by atoms with Gasteiger partial charge in [0.05, 0.1) is 0 Å². The summed E-state index contributed by atoms with van der Waals surface area (Å²) in [5, 5.41) is 8.87. The molecule has 1 rings (SSSR count). The Morgan fingerprint density at radius 3 is 2.07 bits per heavy atom. The molecular weight excluding hydrogens is 202 g/mol. The van der Waals surface area contributed by atoms with E-state index in [2.05, 4.69) is 0 Å². The highest BCUT2D eigenvalue weighted by molar-refractivity contribution is 5.88. The van der Waals surface area contributed by atoms with E-state index in [0.717, 1.165) is 0 Å². The molecule has 6 nitrogen and oxygen atoms in total. The van der Waals surface area contributed by atoms with E-state index < -0.39 is 29.9 Å². The summed E-state index contributed by atoms with van der Waals surface area (Å²) in [6, 6.07) is 0. The van der Waals surface area contributed by atoms with Crippen molar-refractivity contribution < 1.29 is 24.2 Å². The molecular formula is C9H15NO5. The fraction of sp³-hybridized carbons (Fsp3) is 0.778. The smallest absolute Gasteiger partial charge is 0.336 e. The van der Waals surface area contributed by atoms with Crippen LogP contribution in [0.25, 0.3) is 0 Å². The SMILES string of the molecule is CN(C)C(=O)[C@@H]1OC(C)(C)O[C@H]1C(=O)O. The molecule has 0 bridgehead atoms. The summed E-state index contributed by atoms with van der Waals surface area (Å²) in [6.45, 7) is 3.15. The zero-order chi connectivity index (χ0) is 11.8. The van der Waals surface area contributed by atoms with Gasteiger partial charge in [0.15, 0.2) is 18.0 Å². The van der Waals surface area contributed by atoms with Crippen molar-refractivity contribution in [3.8, 4) is 0 Å². The van der Waals surface area contributed by atoms with Gasteiger partial charge in [-0.2, -0.15) is 0 Å². The van der Waals surface area contributed by atoms with Crippen molar-refractivity contribution in [1.82, 2.24) is 4.90 Å². The van der Waals surface area contributed by atoms with Crippen molar-refractivity contribution in [2.45, 2.75) is 31.8 Å². The Morgan fingerprint density at radius 2 is 1.67 bits per heavy atom. The van der Waals surface area contributed by atoms with Crippen LogP contribution in [0.3, 0.4) is 0 Å². The molecule has 0 saturated carbocycles. The average Bonchev–Trinajstić information content (AvgIpc) is 2.40. The summed E-state index contributed by atoms with van der Waals surface area (Å²) in [6.07, 6.45) is -2.32. The van der Waals surface area contributed by atoms with Gasteiger partial charge in [0.2, 0.25) is 0 Å². The Bertz CT molecular complexity index is 286. The van der Waals surface area contributed by atoms with E-state index in [1.807, 2.05) is 0 Å². The van der Waals surface area contributed by atoms with Crippen molar-refractivity contribution in [1.29, 1.82) is 0 Å². The number of carboxylic acid groups (broad SMARTS) is 1. The molecule has 0 aromatic rings. The third kappa shape index (κ3) is 2.45. The standard InChI is InChI=1S/C9H15NO5/c1-9(2)14-5(7(11)10(3)4)6(15-9)8(12)13/h5-6H,1-4H3,(H,12,13)/t5-,6-/m1/s1. The molecule has 6 heteroatoms. The third-order valence-electron chi connectivity index (χ3n) is 2.02. The number of rotatable bonds is 2. The minimum absolute atomic E-state index is 0.409. The summed E-state index contributed by atoms with van der Waals surface area (Å²) in [4.78, 5) is 23.7. The minimum atomic E-state index is -1.24. The summed E-state index contributed by atoms with van der Waals surface area (Å²) >= 11 is 0. The second-order valence-electron chi connectivity index (χ2n) is 4.05. The molecule has 1 fully saturated rings. The molecule has 1 N–H and O–H groups in total. The highest BCUT2D eigenvalue weighted by atomic mass is 16.8. The third-order valence-corrected chi connectivity index (χ3v) is 2.02. The summed E-state index contributed by atoms with van der Waals surface area (Å²) in [5.41, 5.74) is 0. The van der Waals surface area contributed by atoms with Crippen LogP contribution in [0.1, 0.15) is 13.8 Å². The van der Waals surface area contributed by atoms with Gasteiger partial charge in [0.1, 0.15) is 0 Å². The van der Waals surface area contributed by atoms with Gasteiger partial charge in [-0.15, -0.1) is 0 Å². The molecule has 1 aliphatic heterocycles. The first-order valence-electron chi connectivity index (χ1n) is 4.54. The van der Waals surface area contributed by atoms with Crippen LogP contribution in [0.4, 0.5) is 0 Å². The number of hydrogen-bond donors (Lipinski definition) is 1. The summed E-state index contributed by atoms with van der Waals surface area (Å²) in [5.74, 6) is -2.65. The number of carbonyl (C=O) groups excluding carboxylic acids is 1. The van der Waals surface area contributed by atoms with Crippen LogP contribution < -0.4 is 0 Å². The molecule has 1 saturated heterocycles.